The molecule has 0 spiro atoms. The number of nitrogens with one attached hydrogen (secondary N) is 3. The summed E-state index contributed by atoms with van der Waals surface area (Å²) >= 11 is 0. The Morgan fingerprint density at radius 3 is 2.29 bits per heavy atom. The van der Waals surface area contributed by atoms with Gasteiger partial charge in [0.25, 0.3) is 10.0 Å². The molecule has 0 saturated carbocycles. The molecule has 4 aromatic carbocycles. The van der Waals surface area contributed by atoms with E-state index in [1.807, 2.05) is 54.6 Å². The van der Waals surface area contributed by atoms with Crippen LogP contribution in [-0.2, 0) is 43.5 Å². The van der Waals surface area contributed by atoms with Gasteiger partial charge in [-0.15, -0.1) is 4.40 Å². The molecule has 51 heavy (non-hydrogen) atoms. The van der Waals surface area contributed by atoms with Crippen LogP contribution in [0.15, 0.2) is 112 Å². The van der Waals surface area contributed by atoms with Crippen molar-refractivity contribution < 1.29 is 31.5 Å². The fourth-order valence-electron chi connectivity index (χ4n) is 6.18. The van der Waals surface area contributed by atoms with Gasteiger partial charge in [-0.05, 0) is 65.3 Å². The smallest absolute Gasteiger partial charge is 0.286 e. The summed E-state index contributed by atoms with van der Waals surface area (Å²) in [6.45, 7) is 6.92. The number of fused-ring (bicyclic) bond motifs is 2. The first kappa shape index (κ1) is 35.8. The molecular formula is C38H40N4O7S2. The summed E-state index contributed by atoms with van der Waals surface area (Å²) in [5.41, 5.74) is 1.17. The average Bonchev–Trinajstić information content (AvgIpc) is 3.07. The lowest BCUT2D eigenvalue weighted by Crippen LogP contribution is -2.53. The Bertz CT molecular complexity index is 2260. The molecule has 4 N–H and O–H groups in total. The van der Waals surface area contributed by atoms with Crippen LogP contribution in [0.4, 0.5) is 11.4 Å². The maximum absolute atomic E-state index is 15.0. The Kier molecular flexibility index (Phi) is 9.57. The molecule has 2 aliphatic rings. The van der Waals surface area contributed by atoms with Gasteiger partial charge in [0.2, 0.25) is 10.0 Å². The summed E-state index contributed by atoms with van der Waals surface area (Å²) in [6.07, 6.45) is 1.89. The SMILES string of the molecule is CC(C)(C)CCC1(NCc2ccc(OCc3ccccc3)cc2)C(=O)C(C2=NS(=O)(=O)c3cc(NS(C)(=O)=O)ccc3N2)=C(O)c2ccccc21. The van der Waals surface area contributed by atoms with Gasteiger partial charge in [0.1, 0.15) is 34.1 Å². The molecule has 4 aromatic rings. The number of aliphatic hydroxyl groups excluding tert-OH is 1. The van der Waals surface area contributed by atoms with E-state index in [0.717, 1.165) is 23.4 Å². The number of ketones is 1. The van der Waals surface area contributed by atoms with Gasteiger partial charge in [0.05, 0.1) is 11.9 Å². The summed E-state index contributed by atoms with van der Waals surface area (Å²) < 4.78 is 62.8. The number of ether oxygens (including phenoxy) is 1. The summed E-state index contributed by atoms with van der Waals surface area (Å²) in [5.74, 6) is -0.568. The quantitative estimate of drug-likeness (QED) is 0.135. The van der Waals surface area contributed by atoms with Crippen LogP contribution in [0.25, 0.3) is 5.76 Å². The zero-order chi connectivity index (χ0) is 36.6. The Morgan fingerprint density at radius 1 is 0.922 bits per heavy atom. The fraction of sp³-hybridized carbons (Fsp3) is 0.263. The second-order valence-electron chi connectivity index (χ2n) is 14.0. The van der Waals surface area contributed by atoms with Gasteiger partial charge in [0.15, 0.2) is 11.6 Å². The lowest BCUT2D eigenvalue weighted by Gasteiger charge is -2.41. The molecule has 0 amide bonds. The Labute approximate surface area is 298 Å². The molecule has 13 heteroatoms. The molecule has 11 nitrogen and oxygen atoms in total. The van der Waals surface area contributed by atoms with Crippen LogP contribution in [0.2, 0.25) is 0 Å². The lowest BCUT2D eigenvalue weighted by atomic mass is 9.69. The van der Waals surface area contributed by atoms with Crippen molar-refractivity contribution in [3.63, 3.8) is 0 Å². The van der Waals surface area contributed by atoms with E-state index in [1.54, 1.807) is 24.3 Å². The van der Waals surface area contributed by atoms with Crippen molar-refractivity contribution in [3.05, 3.63) is 125 Å². The van der Waals surface area contributed by atoms with E-state index in [4.69, 9.17) is 4.74 Å². The summed E-state index contributed by atoms with van der Waals surface area (Å²) in [4.78, 5) is 14.7. The van der Waals surface area contributed by atoms with E-state index in [0.29, 0.717) is 36.3 Å². The molecule has 0 aromatic heterocycles. The number of rotatable bonds is 11. The third-order valence-corrected chi connectivity index (χ3v) is 10.7. The maximum Gasteiger partial charge on any atom is 0.286 e. The topological polar surface area (TPSA) is 163 Å². The number of nitrogens with zero attached hydrogens (tertiary/aromatic N) is 1. The Morgan fingerprint density at radius 2 is 1.61 bits per heavy atom. The van der Waals surface area contributed by atoms with Crippen molar-refractivity contribution >= 4 is 48.8 Å². The highest BCUT2D eigenvalue weighted by Gasteiger charge is 2.49. The highest BCUT2D eigenvalue weighted by Crippen LogP contribution is 2.44. The van der Waals surface area contributed by atoms with Crippen molar-refractivity contribution in [1.82, 2.24) is 5.32 Å². The van der Waals surface area contributed by atoms with Crippen molar-refractivity contribution in [2.24, 2.45) is 9.81 Å². The molecule has 1 aliphatic carbocycles. The van der Waals surface area contributed by atoms with Gasteiger partial charge in [-0.3, -0.25) is 14.8 Å². The first-order valence-corrected chi connectivity index (χ1v) is 19.7. The van der Waals surface area contributed by atoms with Crippen molar-refractivity contribution in [2.45, 2.75) is 57.2 Å². The minimum absolute atomic E-state index is 0.0335. The highest BCUT2D eigenvalue weighted by molar-refractivity contribution is 7.92. The molecule has 0 fully saturated rings. The first-order chi connectivity index (χ1) is 24.0. The van der Waals surface area contributed by atoms with Crippen LogP contribution in [0.5, 0.6) is 5.75 Å². The van der Waals surface area contributed by atoms with Gasteiger partial charge >= 0.3 is 0 Å². The van der Waals surface area contributed by atoms with Crippen LogP contribution in [-0.4, -0.2) is 39.8 Å². The molecule has 266 valence electrons. The fourth-order valence-corrected chi connectivity index (χ4v) is 7.88. The van der Waals surface area contributed by atoms with Gasteiger partial charge in [0, 0.05) is 17.8 Å². The first-order valence-electron chi connectivity index (χ1n) is 16.4. The molecule has 0 bridgehead atoms. The van der Waals surface area contributed by atoms with Gasteiger partial charge in [-0.2, -0.15) is 8.42 Å². The summed E-state index contributed by atoms with van der Waals surface area (Å²) in [6, 6.07) is 28.4. The largest absolute Gasteiger partial charge is 0.506 e. The second kappa shape index (κ2) is 13.6. The number of hydrogen-bond acceptors (Lipinski definition) is 9. The average molecular weight is 729 g/mol. The number of carbonyl (C=O) groups excluding carboxylic acids is 1. The van der Waals surface area contributed by atoms with E-state index in [9.17, 15) is 26.7 Å². The van der Waals surface area contributed by atoms with E-state index >= 15 is 0 Å². The molecule has 1 atom stereocenters. The Hall–Kier alpha value is -4.98. The van der Waals surface area contributed by atoms with Gasteiger partial charge < -0.3 is 15.2 Å². The standard InChI is InChI=1S/C38H40N4O7S2/c1-37(2,3)20-21-38(39-23-25-14-17-28(18-15-25)49-24-26-10-6-5-7-11-26)30-13-9-8-12-29(30)34(43)33(35(38)44)36-40-31-19-16-27(41-50(4,45)46)22-32(31)51(47,48)42-36/h5-19,22,39,41,43H,20-21,23-24H2,1-4H3,(H,40,42). The van der Waals surface area contributed by atoms with Crippen LogP contribution in [0, 0.1) is 5.41 Å². The predicted molar refractivity (Wildman–Crippen MR) is 199 cm³/mol. The number of benzene rings is 4. The Balaban J connectivity index is 1.36. The third kappa shape index (κ3) is 7.85. The zero-order valence-electron chi connectivity index (χ0n) is 28.7. The molecular weight excluding hydrogens is 689 g/mol. The lowest BCUT2D eigenvalue weighted by molar-refractivity contribution is -0.122. The number of sulfonamides is 2. The van der Waals surface area contributed by atoms with Crippen LogP contribution in [0.3, 0.4) is 0 Å². The monoisotopic (exact) mass is 728 g/mol. The zero-order valence-corrected chi connectivity index (χ0v) is 30.4. The molecule has 0 saturated heterocycles. The highest BCUT2D eigenvalue weighted by atomic mass is 32.2. The normalized spacial score (nSPS) is 18.3. The minimum Gasteiger partial charge on any atom is -0.506 e. The van der Waals surface area contributed by atoms with Crippen molar-refractivity contribution in [1.29, 1.82) is 0 Å². The third-order valence-electron chi connectivity index (χ3n) is 8.77. The van der Waals surface area contributed by atoms with Crippen molar-refractivity contribution in [3.8, 4) is 5.75 Å². The van der Waals surface area contributed by atoms with E-state index in [2.05, 4.69) is 40.5 Å². The molecule has 1 heterocycles. The predicted octanol–water partition coefficient (Wildman–Crippen LogP) is 6.51. The molecule has 1 aliphatic heterocycles. The number of amidine groups is 1. The van der Waals surface area contributed by atoms with Crippen LogP contribution < -0.4 is 20.1 Å². The van der Waals surface area contributed by atoms with E-state index in [1.165, 1.54) is 12.1 Å². The maximum atomic E-state index is 15.0. The molecule has 6 rings (SSSR count). The number of hydrogen-bond donors (Lipinski definition) is 4. The molecule has 1 unspecified atom stereocenters. The second-order valence-corrected chi connectivity index (χ2v) is 17.3. The molecule has 0 radical (unpaired) electrons. The van der Waals surface area contributed by atoms with E-state index < -0.39 is 37.1 Å². The van der Waals surface area contributed by atoms with Crippen LogP contribution in [0.1, 0.15) is 55.9 Å². The summed E-state index contributed by atoms with van der Waals surface area (Å²) in [5, 5.41) is 18.1. The number of carbonyl (C=O) groups is 1. The number of Topliss-reactive ketones (excluding diaryl/α,β-unsaturated/α-hetero) is 1. The summed E-state index contributed by atoms with van der Waals surface area (Å²) in [7, 11) is -8.12. The minimum atomic E-state index is -4.44. The van der Waals surface area contributed by atoms with Crippen LogP contribution >= 0.6 is 0 Å². The number of aliphatic hydroxyl groups is 1. The van der Waals surface area contributed by atoms with Crippen molar-refractivity contribution in [2.75, 3.05) is 16.3 Å². The number of anilines is 2. The van der Waals surface area contributed by atoms with E-state index in [-0.39, 0.29) is 39.6 Å². The van der Waals surface area contributed by atoms with Gasteiger partial charge in [-0.25, -0.2) is 8.42 Å². The van der Waals surface area contributed by atoms with Gasteiger partial charge in [-0.1, -0.05) is 87.5 Å².